The maximum Gasteiger partial charge on any atom is 0.123 e. The van der Waals surface area contributed by atoms with Gasteiger partial charge in [0, 0.05) is 48.7 Å². The number of phenolic OH excluding ortho intramolecular Hbond substituents is 2. The van der Waals surface area contributed by atoms with Crippen LogP contribution in [-0.4, -0.2) is 36.4 Å². The van der Waals surface area contributed by atoms with Crippen molar-refractivity contribution in [3.63, 3.8) is 0 Å². The SMILES string of the molecule is CCCCN(CCCC)c1ccc(/C=C/C=C/c2cc(O)c(/C=C/C=C/c3ccc(N(CCCC)CCCC)cc3)cc2O)cc1. The van der Waals surface area contributed by atoms with Crippen LogP contribution in [0, 0.1) is 0 Å². The van der Waals surface area contributed by atoms with Gasteiger partial charge in [-0.25, -0.2) is 0 Å². The van der Waals surface area contributed by atoms with E-state index in [1.807, 2.05) is 36.5 Å². The Hall–Kier alpha value is -4.18. The fraction of sp³-hybridized carbons (Fsp3) is 0.381. The van der Waals surface area contributed by atoms with Crippen LogP contribution < -0.4 is 9.80 Å². The van der Waals surface area contributed by atoms with E-state index < -0.39 is 0 Å². The number of benzene rings is 3. The molecule has 0 aliphatic rings. The van der Waals surface area contributed by atoms with Crippen molar-refractivity contribution in [3.05, 3.63) is 107 Å². The Bertz CT molecular complexity index is 1280. The number of phenols is 2. The molecule has 0 aliphatic heterocycles. The highest BCUT2D eigenvalue weighted by Crippen LogP contribution is 2.29. The van der Waals surface area contributed by atoms with Crippen molar-refractivity contribution in [2.45, 2.75) is 79.1 Å². The number of allylic oxidation sites excluding steroid dienone is 4. The zero-order chi connectivity index (χ0) is 33.0. The average molecular weight is 621 g/mol. The van der Waals surface area contributed by atoms with Gasteiger partial charge in [-0.05, 0) is 73.2 Å². The molecule has 0 saturated carbocycles. The second-order valence-corrected chi connectivity index (χ2v) is 12.0. The predicted octanol–water partition coefficient (Wildman–Crippen LogP) is 11.4. The van der Waals surface area contributed by atoms with E-state index in [1.165, 1.54) is 62.7 Å². The van der Waals surface area contributed by atoms with Crippen LogP contribution in [0.2, 0.25) is 0 Å². The lowest BCUT2D eigenvalue weighted by atomic mass is 10.1. The highest BCUT2D eigenvalue weighted by molar-refractivity contribution is 5.69. The first kappa shape index (κ1) is 36.3. The van der Waals surface area contributed by atoms with E-state index in [9.17, 15) is 10.2 Å². The van der Waals surface area contributed by atoms with Crippen LogP contribution in [0.4, 0.5) is 11.4 Å². The Morgan fingerprint density at radius 1 is 0.457 bits per heavy atom. The van der Waals surface area contributed by atoms with Gasteiger partial charge in [0.05, 0.1) is 0 Å². The fourth-order valence-electron chi connectivity index (χ4n) is 5.26. The topological polar surface area (TPSA) is 46.9 Å². The fourth-order valence-corrected chi connectivity index (χ4v) is 5.26. The van der Waals surface area contributed by atoms with E-state index in [0.717, 1.165) is 37.3 Å². The first-order valence-electron chi connectivity index (χ1n) is 17.4. The molecule has 0 unspecified atom stereocenters. The third-order valence-electron chi connectivity index (χ3n) is 8.17. The van der Waals surface area contributed by atoms with Crippen LogP contribution in [0.15, 0.2) is 85.0 Å². The molecule has 2 N–H and O–H groups in total. The second kappa shape index (κ2) is 20.8. The van der Waals surface area contributed by atoms with Gasteiger partial charge in [0.15, 0.2) is 0 Å². The van der Waals surface area contributed by atoms with Crippen LogP contribution in [0.3, 0.4) is 0 Å². The van der Waals surface area contributed by atoms with Crippen molar-refractivity contribution in [2.24, 2.45) is 0 Å². The molecule has 0 amide bonds. The molecule has 0 atom stereocenters. The van der Waals surface area contributed by atoms with Crippen LogP contribution >= 0.6 is 0 Å². The van der Waals surface area contributed by atoms with Crippen LogP contribution in [0.5, 0.6) is 11.5 Å². The van der Waals surface area contributed by atoms with Gasteiger partial charge in [-0.15, -0.1) is 0 Å². The lowest BCUT2D eigenvalue weighted by molar-refractivity contribution is 0.458. The molecule has 0 fully saturated rings. The molecule has 3 aromatic carbocycles. The van der Waals surface area contributed by atoms with Gasteiger partial charge in [0.2, 0.25) is 0 Å². The molecule has 3 aromatic rings. The van der Waals surface area contributed by atoms with Gasteiger partial charge in [-0.1, -0.05) is 126 Å². The van der Waals surface area contributed by atoms with Gasteiger partial charge in [-0.2, -0.15) is 0 Å². The van der Waals surface area contributed by atoms with Crippen molar-refractivity contribution in [2.75, 3.05) is 36.0 Å². The molecule has 0 radical (unpaired) electrons. The number of anilines is 2. The maximum absolute atomic E-state index is 10.6. The Morgan fingerprint density at radius 2 is 0.761 bits per heavy atom. The molecule has 0 aliphatic carbocycles. The van der Waals surface area contributed by atoms with E-state index in [-0.39, 0.29) is 11.5 Å². The summed E-state index contributed by atoms with van der Waals surface area (Å²) in [5.74, 6) is 0.252. The van der Waals surface area contributed by atoms with Crippen LogP contribution in [0.25, 0.3) is 24.3 Å². The summed E-state index contributed by atoms with van der Waals surface area (Å²) >= 11 is 0. The minimum atomic E-state index is 0.126. The Labute approximate surface area is 279 Å². The van der Waals surface area contributed by atoms with Crippen LogP contribution in [0.1, 0.15) is 101 Å². The molecule has 3 rings (SSSR count). The molecule has 0 saturated heterocycles. The summed E-state index contributed by atoms with van der Waals surface area (Å²) in [4.78, 5) is 4.97. The number of hydrogen-bond donors (Lipinski definition) is 2. The highest BCUT2D eigenvalue weighted by atomic mass is 16.3. The second-order valence-electron chi connectivity index (χ2n) is 12.0. The smallest absolute Gasteiger partial charge is 0.123 e. The zero-order valence-corrected chi connectivity index (χ0v) is 28.7. The summed E-state index contributed by atoms with van der Waals surface area (Å²) in [6, 6.07) is 20.6. The normalized spacial score (nSPS) is 11.9. The quantitative estimate of drug-likeness (QED) is 0.0974. The lowest BCUT2D eigenvalue weighted by Gasteiger charge is -2.24. The minimum absolute atomic E-state index is 0.126. The summed E-state index contributed by atoms with van der Waals surface area (Å²) in [6.45, 7) is 13.4. The van der Waals surface area contributed by atoms with Gasteiger partial charge in [-0.3, -0.25) is 0 Å². The van der Waals surface area contributed by atoms with Gasteiger partial charge >= 0.3 is 0 Å². The van der Waals surface area contributed by atoms with E-state index in [1.54, 1.807) is 24.3 Å². The van der Waals surface area contributed by atoms with Crippen molar-refractivity contribution in [3.8, 4) is 11.5 Å². The maximum atomic E-state index is 10.6. The zero-order valence-electron chi connectivity index (χ0n) is 28.7. The third-order valence-corrected chi connectivity index (χ3v) is 8.17. The first-order valence-corrected chi connectivity index (χ1v) is 17.4. The molecule has 246 valence electrons. The number of aromatic hydroxyl groups is 2. The summed E-state index contributed by atoms with van der Waals surface area (Å²) < 4.78 is 0. The largest absolute Gasteiger partial charge is 0.507 e. The van der Waals surface area contributed by atoms with Crippen molar-refractivity contribution in [1.82, 2.24) is 0 Å². The third kappa shape index (κ3) is 12.3. The molecular formula is C42H56N2O2. The molecule has 4 heteroatoms. The monoisotopic (exact) mass is 620 g/mol. The standard InChI is InChI=1S/C42H56N2O2/c1-5-9-29-43(30-10-6-2)39-25-21-35(22-26-39)17-13-15-19-37-33-42(46)38(34-41(37)45)20-16-14-18-36-23-27-40(28-24-36)44(31-11-7-3)32-12-8-4/h13-28,33-34,45-46H,5-12,29-32H2,1-4H3/b17-13+,18-14+,19-15+,20-16+. The summed E-state index contributed by atoms with van der Waals surface area (Å²) in [5.41, 5.74) is 5.94. The number of nitrogens with zero attached hydrogens (tertiary/aromatic N) is 2. The predicted molar refractivity (Wildman–Crippen MR) is 203 cm³/mol. The number of hydrogen-bond acceptors (Lipinski definition) is 4. The van der Waals surface area contributed by atoms with E-state index in [4.69, 9.17) is 0 Å². The molecule has 46 heavy (non-hydrogen) atoms. The molecule has 0 spiro atoms. The van der Waals surface area contributed by atoms with Gasteiger partial charge in [0.25, 0.3) is 0 Å². The Kier molecular flexibility index (Phi) is 16.4. The summed E-state index contributed by atoms with van der Waals surface area (Å²) in [7, 11) is 0. The van der Waals surface area contributed by atoms with Crippen LogP contribution in [-0.2, 0) is 0 Å². The average Bonchev–Trinajstić information content (AvgIpc) is 3.07. The van der Waals surface area contributed by atoms with Crippen molar-refractivity contribution < 1.29 is 10.2 Å². The van der Waals surface area contributed by atoms with Gasteiger partial charge < -0.3 is 20.0 Å². The number of unbranched alkanes of at least 4 members (excludes halogenated alkanes) is 4. The highest BCUT2D eigenvalue weighted by Gasteiger charge is 2.07. The molecule has 4 nitrogen and oxygen atoms in total. The molecule has 0 aromatic heterocycles. The number of rotatable bonds is 20. The summed E-state index contributed by atoms with van der Waals surface area (Å²) in [6.07, 6.45) is 25.0. The molecule has 0 bridgehead atoms. The van der Waals surface area contributed by atoms with E-state index in [2.05, 4.69) is 86.0 Å². The van der Waals surface area contributed by atoms with Gasteiger partial charge in [0.1, 0.15) is 11.5 Å². The Morgan fingerprint density at radius 3 is 1.07 bits per heavy atom. The molecular weight excluding hydrogens is 564 g/mol. The first-order chi connectivity index (χ1) is 22.5. The van der Waals surface area contributed by atoms with E-state index in [0.29, 0.717) is 11.1 Å². The Balaban J connectivity index is 1.57. The molecule has 0 heterocycles. The summed E-state index contributed by atoms with van der Waals surface area (Å²) in [5, 5.41) is 21.2. The van der Waals surface area contributed by atoms with Crippen molar-refractivity contribution in [1.29, 1.82) is 0 Å². The minimum Gasteiger partial charge on any atom is -0.507 e. The van der Waals surface area contributed by atoms with E-state index >= 15 is 0 Å². The lowest BCUT2D eigenvalue weighted by Crippen LogP contribution is -2.25. The van der Waals surface area contributed by atoms with Crippen molar-refractivity contribution >= 4 is 35.7 Å².